The van der Waals surface area contributed by atoms with E-state index in [0.717, 1.165) is 11.6 Å². The van der Waals surface area contributed by atoms with Crippen LogP contribution in [0, 0.1) is 21.4 Å². The zero-order valence-corrected chi connectivity index (χ0v) is 17.7. The predicted octanol–water partition coefficient (Wildman–Crippen LogP) is 5.63. The second-order valence-electron chi connectivity index (χ2n) is 6.60. The molecule has 32 heavy (non-hydrogen) atoms. The number of nitro groups is 1. The third-order valence-corrected chi connectivity index (χ3v) is 4.89. The van der Waals surface area contributed by atoms with Crippen molar-refractivity contribution in [1.29, 1.82) is 5.26 Å². The summed E-state index contributed by atoms with van der Waals surface area (Å²) >= 11 is 6.15. The summed E-state index contributed by atoms with van der Waals surface area (Å²) in [6.45, 7) is 0.236. The van der Waals surface area contributed by atoms with E-state index in [-0.39, 0.29) is 23.4 Å². The number of halogens is 1. The smallest absolute Gasteiger partial charge is 0.270 e. The number of hydrogen-bond acceptors (Lipinski definition) is 6. The van der Waals surface area contributed by atoms with Gasteiger partial charge in [-0.2, -0.15) is 5.26 Å². The Labute approximate surface area is 189 Å². The zero-order chi connectivity index (χ0) is 23.1. The van der Waals surface area contributed by atoms with Gasteiger partial charge >= 0.3 is 0 Å². The summed E-state index contributed by atoms with van der Waals surface area (Å²) in [4.78, 5) is 23.0. The molecule has 0 spiro atoms. The minimum atomic E-state index is -0.616. The van der Waals surface area contributed by atoms with Gasteiger partial charge in [-0.1, -0.05) is 48.0 Å². The molecule has 3 aromatic rings. The van der Waals surface area contributed by atoms with E-state index in [0.29, 0.717) is 22.1 Å². The highest BCUT2D eigenvalue weighted by Gasteiger charge is 2.16. The molecule has 0 fully saturated rings. The molecule has 0 bridgehead atoms. The second-order valence-corrected chi connectivity index (χ2v) is 7.00. The Bertz CT molecular complexity index is 1250. The average Bonchev–Trinajstić information content (AvgIpc) is 2.82. The number of nitriles is 1. The highest BCUT2D eigenvalue weighted by atomic mass is 35.5. The number of Topliss-reactive ketones (excluding diaryl/α,β-unsaturated/α-hetero) is 1. The van der Waals surface area contributed by atoms with Gasteiger partial charge in [-0.05, 0) is 29.8 Å². The number of ether oxygens (including phenoxy) is 2. The van der Waals surface area contributed by atoms with Gasteiger partial charge in [-0.15, -0.1) is 0 Å². The summed E-state index contributed by atoms with van der Waals surface area (Å²) in [7, 11) is 1.48. The first kappa shape index (κ1) is 22.5. The van der Waals surface area contributed by atoms with Gasteiger partial charge in [-0.3, -0.25) is 14.9 Å². The van der Waals surface area contributed by atoms with E-state index in [9.17, 15) is 20.2 Å². The van der Waals surface area contributed by atoms with Gasteiger partial charge in [0.25, 0.3) is 5.69 Å². The normalized spacial score (nSPS) is 10.8. The molecule has 160 valence electrons. The highest BCUT2D eigenvalue weighted by molar-refractivity contribution is 6.31. The van der Waals surface area contributed by atoms with Crippen LogP contribution >= 0.6 is 11.6 Å². The summed E-state index contributed by atoms with van der Waals surface area (Å²) in [5, 5.41) is 21.0. The molecule has 0 saturated heterocycles. The third-order valence-electron chi connectivity index (χ3n) is 4.52. The second kappa shape index (κ2) is 10.2. The fourth-order valence-corrected chi connectivity index (χ4v) is 3.09. The lowest BCUT2D eigenvalue weighted by atomic mass is 10.0. The largest absolute Gasteiger partial charge is 0.493 e. The summed E-state index contributed by atoms with van der Waals surface area (Å²) in [5.41, 5.74) is 1.00. The van der Waals surface area contributed by atoms with Crippen molar-refractivity contribution in [2.45, 2.75) is 6.61 Å². The van der Waals surface area contributed by atoms with Crippen LogP contribution in [0.2, 0.25) is 5.02 Å². The maximum Gasteiger partial charge on any atom is 0.270 e. The van der Waals surface area contributed by atoms with E-state index in [1.165, 1.54) is 31.4 Å². The highest BCUT2D eigenvalue weighted by Crippen LogP contribution is 2.30. The lowest BCUT2D eigenvalue weighted by Gasteiger charge is -2.12. The van der Waals surface area contributed by atoms with E-state index >= 15 is 0 Å². The molecule has 0 saturated carbocycles. The number of carbonyl (C=O) groups excluding carboxylic acids is 1. The molecule has 0 radical (unpaired) electrons. The van der Waals surface area contributed by atoms with Crippen LogP contribution in [0.15, 0.2) is 72.3 Å². The van der Waals surface area contributed by atoms with Crippen LogP contribution in [-0.2, 0) is 6.61 Å². The number of carbonyl (C=O) groups is 1. The van der Waals surface area contributed by atoms with Crippen LogP contribution in [0.3, 0.4) is 0 Å². The zero-order valence-electron chi connectivity index (χ0n) is 16.9. The van der Waals surface area contributed by atoms with Crippen LogP contribution < -0.4 is 9.47 Å². The van der Waals surface area contributed by atoms with Crippen molar-refractivity contribution < 1.29 is 19.2 Å². The number of hydrogen-bond donors (Lipinski definition) is 0. The first-order valence-corrected chi connectivity index (χ1v) is 9.76. The van der Waals surface area contributed by atoms with Crippen molar-refractivity contribution in [3.05, 3.63) is 104 Å². The summed E-state index contributed by atoms with van der Waals surface area (Å²) < 4.78 is 11.2. The number of ketones is 1. The molecule has 0 heterocycles. The molecule has 0 amide bonds. The number of nitro benzene ring substituents is 1. The lowest BCUT2D eigenvalue weighted by Crippen LogP contribution is -2.03. The Morgan fingerprint density at radius 1 is 1.12 bits per heavy atom. The molecule has 0 aromatic heterocycles. The molecule has 8 heteroatoms. The molecule has 0 N–H and O–H groups in total. The fourth-order valence-electron chi connectivity index (χ4n) is 2.90. The number of non-ortho nitro benzene ring substituents is 1. The number of rotatable bonds is 8. The Morgan fingerprint density at radius 2 is 1.91 bits per heavy atom. The SMILES string of the molecule is COc1cc(/C=C(\C#N)C(=O)c2cccc([N+](=O)[O-])c2)ccc1OCc1ccccc1Cl. The predicted molar refractivity (Wildman–Crippen MR) is 120 cm³/mol. The van der Waals surface area contributed by atoms with E-state index in [1.807, 2.05) is 24.3 Å². The first-order chi connectivity index (χ1) is 15.4. The first-order valence-electron chi connectivity index (χ1n) is 9.38. The van der Waals surface area contributed by atoms with Crippen molar-refractivity contribution in [3.63, 3.8) is 0 Å². The Hall–Kier alpha value is -4.15. The van der Waals surface area contributed by atoms with E-state index in [4.69, 9.17) is 21.1 Å². The summed E-state index contributed by atoms with van der Waals surface area (Å²) in [6.07, 6.45) is 1.39. The van der Waals surface area contributed by atoms with Gasteiger partial charge in [0.2, 0.25) is 5.78 Å². The van der Waals surface area contributed by atoms with E-state index in [2.05, 4.69) is 0 Å². The minimum Gasteiger partial charge on any atom is -0.493 e. The van der Waals surface area contributed by atoms with Crippen LogP contribution in [0.4, 0.5) is 5.69 Å². The fraction of sp³-hybridized carbons (Fsp3) is 0.0833. The van der Waals surface area contributed by atoms with Gasteiger partial charge < -0.3 is 9.47 Å². The molecule has 3 rings (SSSR count). The standard InChI is InChI=1S/C24H17ClN2O5/c1-31-23-12-16(9-10-22(23)32-15-18-5-2-3-8-21(18)25)11-19(14-26)24(28)17-6-4-7-20(13-17)27(29)30/h2-13H,15H2,1H3/b19-11+. The lowest BCUT2D eigenvalue weighted by molar-refractivity contribution is -0.384. The quantitative estimate of drug-likeness (QED) is 0.145. The van der Waals surface area contributed by atoms with Crippen LogP contribution in [0.25, 0.3) is 6.08 Å². The molecule has 0 aliphatic heterocycles. The molecular weight excluding hydrogens is 432 g/mol. The molecular formula is C24H17ClN2O5. The minimum absolute atomic E-state index is 0.0543. The van der Waals surface area contributed by atoms with Crippen molar-refractivity contribution >= 4 is 29.1 Å². The number of methoxy groups -OCH3 is 1. The topological polar surface area (TPSA) is 102 Å². The number of nitrogens with zero attached hydrogens (tertiary/aromatic N) is 2. The van der Waals surface area contributed by atoms with Crippen molar-refractivity contribution in [1.82, 2.24) is 0 Å². The van der Waals surface area contributed by atoms with E-state index in [1.54, 1.807) is 24.3 Å². The Morgan fingerprint density at radius 3 is 2.59 bits per heavy atom. The molecule has 0 unspecified atom stereocenters. The Balaban J connectivity index is 1.84. The van der Waals surface area contributed by atoms with Gasteiger partial charge in [-0.25, -0.2) is 0 Å². The van der Waals surface area contributed by atoms with E-state index < -0.39 is 10.7 Å². The average molecular weight is 449 g/mol. The number of allylic oxidation sites excluding steroid dienone is 1. The molecule has 3 aromatic carbocycles. The monoisotopic (exact) mass is 448 g/mol. The van der Waals surface area contributed by atoms with Crippen molar-refractivity contribution in [2.24, 2.45) is 0 Å². The van der Waals surface area contributed by atoms with Gasteiger partial charge in [0.05, 0.1) is 12.0 Å². The Kier molecular flexibility index (Phi) is 7.21. The van der Waals surface area contributed by atoms with Gasteiger partial charge in [0.15, 0.2) is 11.5 Å². The summed E-state index contributed by atoms with van der Waals surface area (Å²) in [6, 6.07) is 19.4. The van der Waals surface area contributed by atoms with Gasteiger partial charge in [0, 0.05) is 28.3 Å². The number of benzene rings is 3. The van der Waals surface area contributed by atoms with Crippen molar-refractivity contribution in [2.75, 3.05) is 7.11 Å². The molecule has 0 aliphatic rings. The maximum atomic E-state index is 12.7. The van der Waals surface area contributed by atoms with Crippen molar-refractivity contribution in [3.8, 4) is 17.6 Å². The maximum absolute atomic E-state index is 12.7. The summed E-state index contributed by atoms with van der Waals surface area (Å²) in [5.74, 6) is 0.258. The van der Waals surface area contributed by atoms with Crippen LogP contribution in [0.1, 0.15) is 21.5 Å². The molecule has 7 nitrogen and oxygen atoms in total. The molecule has 0 aliphatic carbocycles. The van der Waals surface area contributed by atoms with Crippen LogP contribution in [-0.4, -0.2) is 17.8 Å². The third kappa shape index (κ3) is 5.31. The van der Waals surface area contributed by atoms with Gasteiger partial charge in [0.1, 0.15) is 18.2 Å². The van der Waals surface area contributed by atoms with Crippen LogP contribution in [0.5, 0.6) is 11.5 Å². The molecule has 0 atom stereocenters.